The summed E-state index contributed by atoms with van der Waals surface area (Å²) in [6, 6.07) is 0. The van der Waals surface area contributed by atoms with E-state index >= 15 is 0 Å². The van der Waals surface area contributed by atoms with Crippen LogP contribution in [0.3, 0.4) is 0 Å². The first-order chi connectivity index (χ1) is 8.29. The predicted molar refractivity (Wildman–Crippen MR) is 64.7 cm³/mol. The van der Waals surface area contributed by atoms with Crippen molar-refractivity contribution in [3.05, 3.63) is 0 Å². The highest BCUT2D eigenvalue weighted by atomic mass is 16.5. The van der Waals surface area contributed by atoms with Gasteiger partial charge in [-0.05, 0) is 32.2 Å². The van der Waals surface area contributed by atoms with Gasteiger partial charge < -0.3 is 15.0 Å². The van der Waals surface area contributed by atoms with Crippen LogP contribution in [0.2, 0.25) is 0 Å². The van der Waals surface area contributed by atoms with Crippen molar-refractivity contribution in [3.63, 3.8) is 0 Å². The summed E-state index contributed by atoms with van der Waals surface area (Å²) >= 11 is 0. The SMILES string of the molecule is O=C(C1CCCNC1)N1CCC2(CCOC2)C1. The average molecular weight is 238 g/mol. The fraction of sp³-hybridized carbons (Fsp3) is 0.923. The molecule has 1 amide bonds. The summed E-state index contributed by atoms with van der Waals surface area (Å²) in [5.74, 6) is 0.599. The van der Waals surface area contributed by atoms with Crippen LogP contribution < -0.4 is 5.32 Å². The minimum atomic E-state index is 0.223. The van der Waals surface area contributed by atoms with Crippen LogP contribution in [-0.4, -0.2) is 50.2 Å². The third-order valence-electron chi connectivity index (χ3n) is 4.58. The van der Waals surface area contributed by atoms with E-state index in [-0.39, 0.29) is 5.92 Å². The van der Waals surface area contributed by atoms with Crippen LogP contribution in [0.25, 0.3) is 0 Å². The van der Waals surface area contributed by atoms with Gasteiger partial charge in [0.05, 0.1) is 12.5 Å². The van der Waals surface area contributed by atoms with Gasteiger partial charge in [-0.3, -0.25) is 4.79 Å². The van der Waals surface area contributed by atoms with Crippen LogP contribution in [0.15, 0.2) is 0 Å². The summed E-state index contributed by atoms with van der Waals surface area (Å²) in [6.07, 6.45) is 4.48. The molecule has 3 rings (SSSR count). The fourth-order valence-corrected chi connectivity index (χ4v) is 3.42. The van der Waals surface area contributed by atoms with Gasteiger partial charge in [0.15, 0.2) is 0 Å². The number of hydrogen-bond acceptors (Lipinski definition) is 3. The number of piperidine rings is 1. The van der Waals surface area contributed by atoms with E-state index in [1.165, 1.54) is 0 Å². The van der Waals surface area contributed by atoms with Crippen molar-refractivity contribution in [1.82, 2.24) is 10.2 Å². The lowest BCUT2D eigenvalue weighted by atomic mass is 9.87. The van der Waals surface area contributed by atoms with Crippen LogP contribution >= 0.6 is 0 Å². The Morgan fingerprint density at radius 2 is 2.35 bits per heavy atom. The van der Waals surface area contributed by atoms with Gasteiger partial charge in [0.1, 0.15) is 0 Å². The lowest BCUT2D eigenvalue weighted by molar-refractivity contribution is -0.135. The maximum atomic E-state index is 12.4. The van der Waals surface area contributed by atoms with Gasteiger partial charge in [-0.15, -0.1) is 0 Å². The molecular weight excluding hydrogens is 216 g/mol. The van der Waals surface area contributed by atoms with Crippen LogP contribution in [0, 0.1) is 11.3 Å². The Morgan fingerprint density at radius 1 is 1.41 bits per heavy atom. The van der Waals surface area contributed by atoms with E-state index in [0.717, 1.165) is 65.1 Å². The number of nitrogens with one attached hydrogen (secondary N) is 1. The average Bonchev–Trinajstić information content (AvgIpc) is 3.01. The quantitative estimate of drug-likeness (QED) is 0.728. The number of carbonyl (C=O) groups excluding carboxylic acids is 1. The maximum absolute atomic E-state index is 12.4. The minimum absolute atomic E-state index is 0.223. The number of carbonyl (C=O) groups is 1. The Hall–Kier alpha value is -0.610. The molecule has 2 unspecified atom stereocenters. The smallest absolute Gasteiger partial charge is 0.226 e. The molecule has 4 nitrogen and oxygen atoms in total. The van der Waals surface area contributed by atoms with Gasteiger partial charge in [0.25, 0.3) is 0 Å². The maximum Gasteiger partial charge on any atom is 0.226 e. The third-order valence-corrected chi connectivity index (χ3v) is 4.58. The summed E-state index contributed by atoms with van der Waals surface area (Å²) in [5, 5.41) is 3.33. The topological polar surface area (TPSA) is 41.6 Å². The van der Waals surface area contributed by atoms with Crippen LogP contribution in [0.4, 0.5) is 0 Å². The number of amides is 1. The summed E-state index contributed by atoms with van der Waals surface area (Å²) < 4.78 is 5.51. The minimum Gasteiger partial charge on any atom is -0.381 e. The van der Waals surface area contributed by atoms with E-state index in [2.05, 4.69) is 10.2 Å². The zero-order valence-electron chi connectivity index (χ0n) is 10.4. The number of ether oxygens (including phenoxy) is 1. The van der Waals surface area contributed by atoms with Gasteiger partial charge in [0, 0.05) is 31.7 Å². The van der Waals surface area contributed by atoms with Gasteiger partial charge in [-0.25, -0.2) is 0 Å². The standard InChI is InChI=1S/C13H22N2O2/c16-12(11-2-1-5-14-8-11)15-6-3-13(9-15)4-7-17-10-13/h11,14H,1-10H2. The van der Waals surface area contributed by atoms with Crippen molar-refractivity contribution in [1.29, 1.82) is 0 Å². The van der Waals surface area contributed by atoms with E-state index in [1.54, 1.807) is 0 Å². The number of nitrogens with zero attached hydrogens (tertiary/aromatic N) is 1. The summed E-state index contributed by atoms with van der Waals surface area (Å²) in [4.78, 5) is 14.5. The van der Waals surface area contributed by atoms with E-state index < -0.39 is 0 Å². The van der Waals surface area contributed by atoms with Gasteiger partial charge >= 0.3 is 0 Å². The van der Waals surface area contributed by atoms with Gasteiger partial charge in [-0.1, -0.05) is 0 Å². The summed E-state index contributed by atoms with van der Waals surface area (Å²) in [7, 11) is 0. The van der Waals surface area contributed by atoms with Crippen molar-refractivity contribution >= 4 is 5.91 Å². The molecule has 3 aliphatic rings. The first-order valence-corrected chi connectivity index (χ1v) is 6.86. The van der Waals surface area contributed by atoms with E-state index in [1.807, 2.05) is 0 Å². The normalized spacial score (nSPS) is 37.9. The number of likely N-dealkylation sites (tertiary alicyclic amines) is 1. The second kappa shape index (κ2) is 4.58. The molecule has 1 N–H and O–H groups in total. The first kappa shape index (κ1) is 11.5. The molecule has 3 fully saturated rings. The molecule has 3 heterocycles. The summed E-state index contributed by atoms with van der Waals surface area (Å²) in [5.41, 5.74) is 0.303. The molecule has 0 aromatic carbocycles. The highest BCUT2D eigenvalue weighted by molar-refractivity contribution is 5.79. The second-order valence-electron chi connectivity index (χ2n) is 5.86. The lowest BCUT2D eigenvalue weighted by Crippen LogP contribution is -2.43. The van der Waals surface area contributed by atoms with Crippen LogP contribution in [0.5, 0.6) is 0 Å². The Bertz CT molecular complexity index is 294. The molecule has 3 saturated heterocycles. The van der Waals surface area contributed by atoms with E-state index in [0.29, 0.717) is 11.3 Å². The Kier molecular flexibility index (Phi) is 3.09. The monoisotopic (exact) mass is 238 g/mol. The van der Waals surface area contributed by atoms with Crippen molar-refractivity contribution in [2.24, 2.45) is 11.3 Å². The first-order valence-electron chi connectivity index (χ1n) is 6.86. The fourth-order valence-electron chi connectivity index (χ4n) is 3.42. The van der Waals surface area contributed by atoms with E-state index in [9.17, 15) is 4.79 Å². The van der Waals surface area contributed by atoms with E-state index in [4.69, 9.17) is 4.74 Å². The molecule has 1 spiro atoms. The Morgan fingerprint density at radius 3 is 3.06 bits per heavy atom. The molecule has 0 aromatic heterocycles. The number of rotatable bonds is 1. The zero-order valence-corrected chi connectivity index (χ0v) is 10.4. The molecule has 0 aliphatic carbocycles. The van der Waals surface area contributed by atoms with Crippen LogP contribution in [0.1, 0.15) is 25.7 Å². The third kappa shape index (κ3) is 2.20. The van der Waals surface area contributed by atoms with Crippen molar-refractivity contribution < 1.29 is 9.53 Å². The molecule has 4 heteroatoms. The molecule has 0 bridgehead atoms. The van der Waals surface area contributed by atoms with Crippen LogP contribution in [-0.2, 0) is 9.53 Å². The molecule has 3 aliphatic heterocycles. The predicted octanol–water partition coefficient (Wildman–Crippen LogP) is 0.625. The highest BCUT2D eigenvalue weighted by Gasteiger charge is 2.43. The van der Waals surface area contributed by atoms with Crippen molar-refractivity contribution in [3.8, 4) is 0 Å². The summed E-state index contributed by atoms with van der Waals surface area (Å²) in [6.45, 7) is 5.56. The Labute approximate surface area is 103 Å². The molecule has 0 saturated carbocycles. The molecule has 96 valence electrons. The second-order valence-corrected chi connectivity index (χ2v) is 5.86. The molecule has 17 heavy (non-hydrogen) atoms. The molecule has 2 atom stereocenters. The molecule has 0 aromatic rings. The lowest BCUT2D eigenvalue weighted by Gasteiger charge is -2.28. The Balaban J connectivity index is 1.59. The molecule has 0 radical (unpaired) electrons. The number of hydrogen-bond donors (Lipinski definition) is 1. The highest BCUT2D eigenvalue weighted by Crippen LogP contribution is 2.38. The molecular formula is C13H22N2O2. The van der Waals surface area contributed by atoms with Crippen molar-refractivity contribution in [2.45, 2.75) is 25.7 Å². The van der Waals surface area contributed by atoms with Gasteiger partial charge in [-0.2, -0.15) is 0 Å². The van der Waals surface area contributed by atoms with Crippen molar-refractivity contribution in [2.75, 3.05) is 39.4 Å². The van der Waals surface area contributed by atoms with Gasteiger partial charge in [0.2, 0.25) is 5.91 Å². The largest absolute Gasteiger partial charge is 0.381 e. The zero-order chi connectivity index (χ0) is 11.7.